The number of H-pyrrole nitrogens is 1. The van der Waals surface area contributed by atoms with Crippen LogP contribution in [0.3, 0.4) is 0 Å². The largest absolute Gasteiger partial charge is 0.369 e. The number of aryl methyl sites for hydroxylation is 2. The number of aromatic amines is 1. The lowest BCUT2D eigenvalue weighted by atomic mass is 10.1. The first-order valence-corrected chi connectivity index (χ1v) is 9.65. The van der Waals surface area contributed by atoms with Gasteiger partial charge in [-0.2, -0.15) is 5.26 Å². The van der Waals surface area contributed by atoms with Gasteiger partial charge in [0.1, 0.15) is 5.82 Å². The topological polar surface area (TPSA) is 55.7 Å². The summed E-state index contributed by atoms with van der Waals surface area (Å²) in [6.07, 6.45) is 1.72. The Labute approximate surface area is 163 Å². The molecule has 6 heteroatoms. The number of hydrogen-bond acceptors (Lipinski definition) is 3. The van der Waals surface area contributed by atoms with Crippen LogP contribution in [0.5, 0.6) is 0 Å². The van der Waals surface area contributed by atoms with Gasteiger partial charge in [0.15, 0.2) is 0 Å². The molecule has 0 aliphatic rings. The van der Waals surface area contributed by atoms with Crippen LogP contribution in [0.4, 0.5) is 5.69 Å². The molecule has 0 aliphatic carbocycles. The maximum absolute atomic E-state index is 8.98. The van der Waals surface area contributed by atoms with E-state index in [2.05, 4.69) is 45.2 Å². The minimum Gasteiger partial charge on any atom is -0.369 e. The molecule has 0 unspecified atom stereocenters. The lowest BCUT2D eigenvalue weighted by Gasteiger charge is -2.23. The molecule has 0 amide bonds. The predicted molar refractivity (Wildman–Crippen MR) is 108 cm³/mol. The zero-order valence-corrected chi connectivity index (χ0v) is 15.9. The highest BCUT2D eigenvalue weighted by Crippen LogP contribution is 2.18. The van der Waals surface area contributed by atoms with Crippen LogP contribution < -0.4 is 4.90 Å². The Bertz CT molecular complexity index is 890. The van der Waals surface area contributed by atoms with Crippen molar-refractivity contribution >= 4 is 39.9 Å². The van der Waals surface area contributed by atoms with E-state index in [0.29, 0.717) is 17.3 Å². The van der Waals surface area contributed by atoms with Crippen LogP contribution in [-0.4, -0.2) is 34.8 Å². The third-order valence-electron chi connectivity index (χ3n) is 4.32. The van der Waals surface area contributed by atoms with Crippen LogP contribution in [0.2, 0.25) is 0 Å². The van der Waals surface area contributed by atoms with Gasteiger partial charge in [-0.25, -0.2) is 4.98 Å². The molecule has 0 fully saturated rings. The lowest BCUT2D eigenvalue weighted by Crippen LogP contribution is -2.27. The smallest absolute Gasteiger partial charge is 0.107 e. The van der Waals surface area contributed by atoms with Crippen molar-refractivity contribution < 1.29 is 0 Å². The highest BCUT2D eigenvalue weighted by atomic mass is 35.5. The first-order valence-electron chi connectivity index (χ1n) is 8.58. The first-order chi connectivity index (χ1) is 12.7. The molecule has 2 aromatic carbocycles. The molecule has 4 nitrogen and oxygen atoms in total. The first kappa shape index (κ1) is 18.6. The van der Waals surface area contributed by atoms with E-state index < -0.39 is 0 Å². The van der Waals surface area contributed by atoms with Gasteiger partial charge >= 0.3 is 0 Å². The van der Waals surface area contributed by atoms with E-state index in [0.717, 1.165) is 48.5 Å². The maximum Gasteiger partial charge on any atom is 0.107 e. The molecule has 0 atom stereocenters. The molecule has 0 saturated carbocycles. The van der Waals surface area contributed by atoms with Crippen molar-refractivity contribution in [3.63, 3.8) is 0 Å². The summed E-state index contributed by atoms with van der Waals surface area (Å²) < 4.78 is 0. The predicted octanol–water partition coefficient (Wildman–Crippen LogP) is 4.50. The molecule has 26 heavy (non-hydrogen) atoms. The number of anilines is 1. The van der Waals surface area contributed by atoms with Crippen molar-refractivity contribution in [1.82, 2.24) is 9.97 Å². The van der Waals surface area contributed by atoms with Crippen molar-refractivity contribution in [2.45, 2.75) is 12.8 Å². The molecule has 3 rings (SSSR count). The zero-order chi connectivity index (χ0) is 18.4. The number of rotatable bonds is 8. The van der Waals surface area contributed by atoms with Gasteiger partial charge in [0.2, 0.25) is 0 Å². The number of hydrogen-bond donors (Lipinski definition) is 1. The van der Waals surface area contributed by atoms with E-state index in [-0.39, 0.29) is 0 Å². The summed E-state index contributed by atoms with van der Waals surface area (Å²) >= 11 is 11.7. The van der Waals surface area contributed by atoms with E-state index in [4.69, 9.17) is 28.5 Å². The second-order valence-corrected chi connectivity index (χ2v) is 6.81. The Morgan fingerprint density at radius 3 is 2.38 bits per heavy atom. The van der Waals surface area contributed by atoms with Crippen molar-refractivity contribution in [2.24, 2.45) is 0 Å². The Morgan fingerprint density at radius 2 is 1.73 bits per heavy atom. The van der Waals surface area contributed by atoms with Crippen molar-refractivity contribution in [1.29, 1.82) is 5.26 Å². The Balaban J connectivity index is 1.65. The molecule has 0 saturated heterocycles. The van der Waals surface area contributed by atoms with Crippen LogP contribution in [0.25, 0.3) is 11.0 Å². The molecule has 0 bridgehead atoms. The minimum atomic E-state index is 0.582. The van der Waals surface area contributed by atoms with Crippen LogP contribution in [0, 0.1) is 11.3 Å². The van der Waals surface area contributed by atoms with E-state index in [1.807, 2.05) is 12.1 Å². The summed E-state index contributed by atoms with van der Waals surface area (Å²) in [5.74, 6) is 2.10. The minimum absolute atomic E-state index is 0.582. The SMILES string of the molecule is N#Cc1ccc2nc(CCc3ccc(N(CCCl)CCCl)cc3)[nH]c2c1. The van der Waals surface area contributed by atoms with E-state index in [9.17, 15) is 0 Å². The molecule has 3 aromatic rings. The second-order valence-electron chi connectivity index (χ2n) is 6.06. The Hall–Kier alpha value is -2.22. The molecule has 134 valence electrons. The third-order valence-corrected chi connectivity index (χ3v) is 4.66. The summed E-state index contributed by atoms with van der Waals surface area (Å²) in [4.78, 5) is 10.1. The Morgan fingerprint density at radius 1 is 1.00 bits per heavy atom. The van der Waals surface area contributed by atoms with Crippen molar-refractivity contribution in [3.05, 3.63) is 59.4 Å². The molecule has 0 spiro atoms. The number of halogens is 2. The number of nitrogens with one attached hydrogen (secondary N) is 1. The molecular formula is C20H20Cl2N4. The van der Waals surface area contributed by atoms with Crippen LogP contribution >= 0.6 is 23.2 Å². The molecular weight excluding hydrogens is 367 g/mol. The average Bonchev–Trinajstić information content (AvgIpc) is 3.08. The van der Waals surface area contributed by atoms with Gasteiger partial charge in [-0.3, -0.25) is 0 Å². The highest BCUT2D eigenvalue weighted by molar-refractivity contribution is 6.18. The molecule has 1 N–H and O–H groups in total. The van der Waals surface area contributed by atoms with Gasteiger partial charge in [0.05, 0.1) is 22.7 Å². The van der Waals surface area contributed by atoms with Gasteiger partial charge in [-0.15, -0.1) is 23.2 Å². The normalized spacial score (nSPS) is 10.8. The van der Waals surface area contributed by atoms with Crippen LogP contribution in [0.15, 0.2) is 42.5 Å². The highest BCUT2D eigenvalue weighted by Gasteiger charge is 2.07. The summed E-state index contributed by atoms with van der Waals surface area (Å²) in [7, 11) is 0. The molecule has 0 radical (unpaired) electrons. The van der Waals surface area contributed by atoms with E-state index in [1.165, 1.54) is 5.56 Å². The fourth-order valence-corrected chi connectivity index (χ4v) is 3.37. The lowest BCUT2D eigenvalue weighted by molar-refractivity contribution is 0.868. The molecule has 1 aromatic heterocycles. The van der Waals surface area contributed by atoms with E-state index in [1.54, 1.807) is 6.07 Å². The number of nitriles is 1. The fourth-order valence-electron chi connectivity index (χ4n) is 2.96. The monoisotopic (exact) mass is 386 g/mol. The molecule has 0 aliphatic heterocycles. The van der Waals surface area contributed by atoms with Crippen molar-refractivity contribution in [2.75, 3.05) is 29.7 Å². The quantitative estimate of drug-likeness (QED) is 0.579. The summed E-state index contributed by atoms with van der Waals surface area (Å²) in [6, 6.07) is 16.2. The number of fused-ring (bicyclic) bond motifs is 1. The fraction of sp³-hybridized carbons (Fsp3) is 0.300. The maximum atomic E-state index is 8.98. The van der Waals surface area contributed by atoms with Gasteiger partial charge in [-0.05, 0) is 42.3 Å². The van der Waals surface area contributed by atoms with Crippen LogP contribution in [0.1, 0.15) is 17.0 Å². The van der Waals surface area contributed by atoms with Gasteiger partial charge in [-0.1, -0.05) is 12.1 Å². The van der Waals surface area contributed by atoms with Crippen LogP contribution in [-0.2, 0) is 12.8 Å². The van der Waals surface area contributed by atoms with Gasteiger partial charge in [0, 0.05) is 37.0 Å². The molecule has 1 heterocycles. The average molecular weight is 387 g/mol. The van der Waals surface area contributed by atoms with E-state index >= 15 is 0 Å². The number of aromatic nitrogens is 2. The number of benzene rings is 2. The number of nitrogens with zero attached hydrogens (tertiary/aromatic N) is 3. The summed E-state index contributed by atoms with van der Waals surface area (Å²) in [6.45, 7) is 1.58. The Kier molecular flexibility index (Phi) is 6.38. The van der Waals surface area contributed by atoms with Crippen molar-refractivity contribution in [3.8, 4) is 6.07 Å². The third kappa shape index (κ3) is 4.49. The second kappa shape index (κ2) is 8.93. The number of imidazole rings is 1. The number of alkyl halides is 2. The summed E-state index contributed by atoms with van der Waals surface area (Å²) in [5, 5.41) is 8.98. The zero-order valence-electron chi connectivity index (χ0n) is 14.4. The summed E-state index contributed by atoms with van der Waals surface area (Å²) in [5.41, 5.74) is 4.84. The standard InChI is InChI=1S/C20H20Cl2N4/c21-9-11-26(12-10-22)17-5-1-15(2-6-17)4-8-20-24-18-7-3-16(14-23)13-19(18)25-20/h1-3,5-7,13H,4,8-12H2,(H,24,25). The van der Waals surface area contributed by atoms with Gasteiger partial charge < -0.3 is 9.88 Å². The van der Waals surface area contributed by atoms with Gasteiger partial charge in [0.25, 0.3) is 0 Å².